The molecule has 1 aliphatic carbocycles. The summed E-state index contributed by atoms with van der Waals surface area (Å²) < 4.78 is 6.15. The average molecular weight is 446 g/mol. The van der Waals surface area contributed by atoms with E-state index < -0.39 is 22.1 Å². The molecule has 170 valence electrons. The van der Waals surface area contributed by atoms with E-state index in [-0.39, 0.29) is 23.5 Å². The van der Waals surface area contributed by atoms with Crippen molar-refractivity contribution >= 4 is 34.6 Å². The number of nitrogens with zero attached hydrogens (tertiary/aromatic N) is 1. The molecule has 0 saturated carbocycles. The van der Waals surface area contributed by atoms with Crippen LogP contribution in [0.25, 0.3) is 17.0 Å². The zero-order valence-electron chi connectivity index (χ0n) is 19.3. The molecular formula is C26H27N3O4. The Labute approximate surface area is 191 Å². The molecule has 2 bridgehead atoms. The topological polar surface area (TPSA) is 91.5 Å². The zero-order chi connectivity index (χ0) is 23.1. The van der Waals surface area contributed by atoms with Crippen molar-refractivity contribution < 1.29 is 19.1 Å². The van der Waals surface area contributed by atoms with E-state index in [0.717, 1.165) is 34.3 Å². The molecule has 6 aliphatic rings. The van der Waals surface area contributed by atoms with Crippen LogP contribution in [0.1, 0.15) is 68.6 Å². The monoisotopic (exact) mass is 445 g/mol. The maximum Gasteiger partial charge on any atom is 0.257 e. The highest BCUT2D eigenvalue weighted by atomic mass is 16.5. The Morgan fingerprint density at radius 2 is 1.91 bits per heavy atom. The van der Waals surface area contributed by atoms with E-state index in [0.29, 0.717) is 24.9 Å². The number of hydrogen-bond acceptors (Lipinski definition) is 4. The Morgan fingerprint density at radius 1 is 1.12 bits per heavy atom. The summed E-state index contributed by atoms with van der Waals surface area (Å²) in [6.45, 7) is 8.74. The molecule has 2 spiro atoms. The number of aromatic amines is 1. The minimum Gasteiger partial charge on any atom is -0.483 e. The number of Topliss-reactive ketones (excluding diaryl/α,β-unsaturated/α-hetero) is 1. The number of ketones is 1. The van der Waals surface area contributed by atoms with E-state index in [1.807, 2.05) is 38.1 Å². The van der Waals surface area contributed by atoms with Crippen molar-refractivity contribution in [1.29, 1.82) is 0 Å². The van der Waals surface area contributed by atoms with E-state index in [1.54, 1.807) is 4.90 Å². The van der Waals surface area contributed by atoms with Gasteiger partial charge >= 0.3 is 0 Å². The number of amides is 2. The van der Waals surface area contributed by atoms with Crippen molar-refractivity contribution in [2.24, 2.45) is 5.92 Å². The smallest absolute Gasteiger partial charge is 0.257 e. The number of piperazine rings is 1. The molecule has 0 unspecified atom stereocenters. The summed E-state index contributed by atoms with van der Waals surface area (Å²) in [6.07, 6.45) is 6.03. The molecule has 1 aromatic carbocycles. The number of carbonyl (C=O) groups is 3. The number of carbonyl (C=O) groups excluding carboxylic acids is 3. The molecule has 2 amide bonds. The third kappa shape index (κ3) is 1.94. The number of fused-ring (bicyclic) bond motifs is 6. The second-order valence-electron chi connectivity index (χ2n) is 11.5. The van der Waals surface area contributed by atoms with Crippen LogP contribution in [0.2, 0.25) is 0 Å². The van der Waals surface area contributed by atoms with Crippen LogP contribution in [-0.2, 0) is 15.0 Å². The van der Waals surface area contributed by atoms with Crippen LogP contribution in [0.3, 0.4) is 0 Å². The molecule has 33 heavy (non-hydrogen) atoms. The molecule has 1 aromatic heterocycles. The number of ether oxygens (including phenoxy) is 1. The Bertz CT molecular complexity index is 1370. The summed E-state index contributed by atoms with van der Waals surface area (Å²) in [7, 11) is 0. The van der Waals surface area contributed by atoms with E-state index in [2.05, 4.69) is 24.1 Å². The molecular weight excluding hydrogens is 418 g/mol. The van der Waals surface area contributed by atoms with Gasteiger partial charge in [0.1, 0.15) is 16.9 Å². The molecule has 3 atom stereocenters. The van der Waals surface area contributed by atoms with Crippen molar-refractivity contribution in [2.45, 2.75) is 69.1 Å². The Kier molecular flexibility index (Phi) is 3.14. The highest BCUT2D eigenvalue weighted by Crippen LogP contribution is 2.59. The van der Waals surface area contributed by atoms with Crippen molar-refractivity contribution in [2.75, 3.05) is 6.54 Å². The number of nitrogens with one attached hydrogen (secondary N) is 2. The van der Waals surface area contributed by atoms with Crippen LogP contribution in [0, 0.1) is 5.92 Å². The van der Waals surface area contributed by atoms with E-state index in [1.165, 1.54) is 0 Å². The van der Waals surface area contributed by atoms with Crippen LogP contribution in [0.15, 0.2) is 18.2 Å². The highest BCUT2D eigenvalue weighted by Gasteiger charge is 2.76. The number of aromatic nitrogens is 1. The third-order valence-corrected chi connectivity index (χ3v) is 8.97. The second kappa shape index (κ2) is 5.34. The lowest BCUT2D eigenvalue weighted by atomic mass is 9.51. The van der Waals surface area contributed by atoms with Crippen molar-refractivity contribution in [3.8, 4) is 5.75 Å². The lowest BCUT2D eigenvalue weighted by Gasteiger charge is -2.62. The summed E-state index contributed by atoms with van der Waals surface area (Å²) in [5.74, 6) is -0.220. The van der Waals surface area contributed by atoms with Gasteiger partial charge in [0, 0.05) is 40.1 Å². The van der Waals surface area contributed by atoms with Crippen molar-refractivity contribution in [1.82, 2.24) is 15.2 Å². The fraction of sp³-hybridized carbons (Fsp3) is 0.500. The summed E-state index contributed by atoms with van der Waals surface area (Å²) in [6, 6.07) is 3.80. The second-order valence-corrected chi connectivity index (χ2v) is 11.5. The minimum atomic E-state index is -1.53. The number of piperidine rings is 2. The van der Waals surface area contributed by atoms with Crippen LogP contribution in [0.5, 0.6) is 5.75 Å². The molecule has 2 N–H and O–H groups in total. The fourth-order valence-electron chi connectivity index (χ4n) is 7.32. The molecule has 4 saturated heterocycles. The minimum absolute atomic E-state index is 0.167. The predicted molar refractivity (Wildman–Crippen MR) is 122 cm³/mol. The molecule has 7 nitrogen and oxygen atoms in total. The molecule has 0 radical (unpaired) electrons. The SMILES string of the molecule is CC1(C)C=Cc2c(ccc3c4c([nH]c23)C(C)(C)[C@H]2C[C@@]35CCCN3C(=O)[C@@]2(NC5=O)C4=O)O1. The molecule has 8 rings (SSSR count). The largest absolute Gasteiger partial charge is 0.483 e. The summed E-state index contributed by atoms with van der Waals surface area (Å²) in [5, 5.41) is 3.76. The Balaban J connectivity index is 1.51. The zero-order valence-corrected chi connectivity index (χ0v) is 19.3. The van der Waals surface area contributed by atoms with E-state index in [9.17, 15) is 14.4 Å². The van der Waals surface area contributed by atoms with Gasteiger partial charge in [-0.2, -0.15) is 0 Å². The first-order valence-electron chi connectivity index (χ1n) is 11.8. The van der Waals surface area contributed by atoms with Gasteiger partial charge in [0.2, 0.25) is 11.7 Å². The van der Waals surface area contributed by atoms with Gasteiger partial charge in [0.15, 0.2) is 5.54 Å². The highest BCUT2D eigenvalue weighted by molar-refractivity contribution is 6.28. The first kappa shape index (κ1) is 19.4. The predicted octanol–water partition coefficient (Wildman–Crippen LogP) is 3.08. The average Bonchev–Trinajstić information content (AvgIpc) is 3.36. The molecule has 4 fully saturated rings. The molecule has 2 aromatic rings. The Morgan fingerprint density at radius 3 is 2.70 bits per heavy atom. The summed E-state index contributed by atoms with van der Waals surface area (Å²) in [4.78, 5) is 46.7. The lowest BCUT2D eigenvalue weighted by Crippen LogP contribution is -2.86. The van der Waals surface area contributed by atoms with Gasteiger partial charge in [0.05, 0.1) is 5.52 Å². The fourth-order valence-corrected chi connectivity index (χ4v) is 7.32. The molecule has 5 aliphatic heterocycles. The van der Waals surface area contributed by atoms with Gasteiger partial charge < -0.3 is 19.9 Å². The van der Waals surface area contributed by atoms with Crippen LogP contribution >= 0.6 is 0 Å². The number of benzene rings is 1. The maximum atomic E-state index is 14.3. The van der Waals surface area contributed by atoms with Gasteiger partial charge in [0.25, 0.3) is 5.91 Å². The van der Waals surface area contributed by atoms with Crippen molar-refractivity contribution in [3.63, 3.8) is 0 Å². The standard InChI is InChI=1S/C26H27N3O4/c1-23(2)10-8-13-15(33-23)7-6-14-17-19(27-18(13)14)24(3,4)16-12-25-9-5-11-29(25)22(32)26(16,20(17)30)28-21(25)31/h6-8,10,16,27H,5,9,11-12H2,1-4H3,(H,28,31)/t16-,25-,26+/m1/s1. The van der Waals surface area contributed by atoms with Gasteiger partial charge in [-0.15, -0.1) is 0 Å². The van der Waals surface area contributed by atoms with Crippen LogP contribution in [0.4, 0.5) is 0 Å². The number of H-pyrrole nitrogens is 1. The lowest BCUT2D eigenvalue weighted by molar-refractivity contribution is -0.174. The number of rotatable bonds is 0. The number of hydrogen-bond donors (Lipinski definition) is 2. The van der Waals surface area contributed by atoms with Gasteiger partial charge in [-0.25, -0.2) is 0 Å². The maximum absolute atomic E-state index is 14.3. The van der Waals surface area contributed by atoms with Crippen LogP contribution in [-0.4, -0.2) is 50.7 Å². The molecule has 6 heterocycles. The Hall–Kier alpha value is -3.09. The van der Waals surface area contributed by atoms with Crippen molar-refractivity contribution in [3.05, 3.63) is 35.0 Å². The van der Waals surface area contributed by atoms with Crippen LogP contribution < -0.4 is 10.1 Å². The van der Waals surface area contributed by atoms with Gasteiger partial charge in [-0.05, 0) is 57.4 Å². The summed E-state index contributed by atoms with van der Waals surface area (Å²) in [5.41, 5.74) is -0.146. The van der Waals surface area contributed by atoms with E-state index in [4.69, 9.17) is 4.74 Å². The third-order valence-electron chi connectivity index (χ3n) is 8.97. The first-order valence-corrected chi connectivity index (χ1v) is 11.8. The van der Waals surface area contributed by atoms with Gasteiger partial charge in [-0.3, -0.25) is 14.4 Å². The normalized spacial score (nSPS) is 34.5. The first-order chi connectivity index (χ1) is 15.5. The molecule has 7 heteroatoms. The summed E-state index contributed by atoms with van der Waals surface area (Å²) >= 11 is 0. The van der Waals surface area contributed by atoms with E-state index >= 15 is 0 Å². The quantitative estimate of drug-likeness (QED) is 0.610. The van der Waals surface area contributed by atoms with Gasteiger partial charge in [-0.1, -0.05) is 13.8 Å².